The molecular weight excluding hydrogens is 290 g/mol. The van der Waals surface area contributed by atoms with Crippen molar-refractivity contribution in [1.29, 1.82) is 0 Å². The van der Waals surface area contributed by atoms with E-state index < -0.39 is 0 Å². The summed E-state index contributed by atoms with van der Waals surface area (Å²) in [4.78, 5) is 21.3. The number of hydrogen-bond acceptors (Lipinski definition) is 4. The van der Waals surface area contributed by atoms with E-state index in [4.69, 9.17) is 4.74 Å². The number of ether oxygens (including phenoxy) is 1. The molecule has 5 heteroatoms. The molecule has 0 saturated carbocycles. The molecule has 2 aliphatic heterocycles. The van der Waals surface area contributed by atoms with Crippen LogP contribution in [0.15, 0.2) is 18.2 Å². The average molecular weight is 317 g/mol. The van der Waals surface area contributed by atoms with Crippen molar-refractivity contribution in [2.45, 2.75) is 32.6 Å². The van der Waals surface area contributed by atoms with Gasteiger partial charge in [-0.05, 0) is 38.3 Å². The van der Waals surface area contributed by atoms with E-state index in [2.05, 4.69) is 22.0 Å². The quantitative estimate of drug-likeness (QED) is 0.854. The molecule has 126 valence electrons. The monoisotopic (exact) mass is 317 g/mol. The molecule has 1 spiro atoms. The summed E-state index contributed by atoms with van der Waals surface area (Å²) in [7, 11) is 1.69. The summed E-state index contributed by atoms with van der Waals surface area (Å²) in [6.07, 6.45) is 4.03. The Balaban J connectivity index is 1.72. The Kier molecular flexibility index (Phi) is 4.85. The van der Waals surface area contributed by atoms with Crippen molar-refractivity contribution in [3.05, 3.63) is 23.9 Å². The number of carbonyl (C=O) groups is 1. The topological polar surface area (TPSA) is 45.7 Å². The Morgan fingerprint density at radius 1 is 1.30 bits per heavy atom. The molecule has 1 aromatic heterocycles. The van der Waals surface area contributed by atoms with Crippen LogP contribution < -0.4 is 4.90 Å². The van der Waals surface area contributed by atoms with E-state index in [1.807, 2.05) is 17.9 Å². The van der Waals surface area contributed by atoms with Crippen LogP contribution in [-0.2, 0) is 9.53 Å². The molecule has 0 bridgehead atoms. The average Bonchev–Trinajstić information content (AvgIpc) is 2.56. The van der Waals surface area contributed by atoms with Gasteiger partial charge in [-0.1, -0.05) is 6.07 Å². The lowest BCUT2D eigenvalue weighted by Crippen LogP contribution is -2.54. The highest BCUT2D eigenvalue weighted by molar-refractivity contribution is 5.77. The molecule has 2 aliphatic rings. The predicted octanol–water partition coefficient (Wildman–Crippen LogP) is 2.25. The van der Waals surface area contributed by atoms with E-state index in [0.29, 0.717) is 19.6 Å². The summed E-state index contributed by atoms with van der Waals surface area (Å²) in [5, 5.41) is 0. The van der Waals surface area contributed by atoms with E-state index in [1.165, 1.54) is 12.8 Å². The van der Waals surface area contributed by atoms with Gasteiger partial charge in [-0.25, -0.2) is 4.98 Å². The third-order valence-corrected chi connectivity index (χ3v) is 5.17. The Morgan fingerprint density at radius 3 is 2.96 bits per heavy atom. The number of aromatic nitrogens is 1. The summed E-state index contributed by atoms with van der Waals surface area (Å²) in [5.74, 6) is 1.35. The minimum absolute atomic E-state index is 0.214. The Labute approximate surface area is 138 Å². The number of pyridine rings is 1. The second kappa shape index (κ2) is 6.87. The molecule has 2 saturated heterocycles. The number of nitrogens with zero attached hydrogens (tertiary/aromatic N) is 3. The van der Waals surface area contributed by atoms with Gasteiger partial charge in [-0.15, -0.1) is 0 Å². The molecule has 1 atom stereocenters. The normalized spacial score (nSPS) is 25.2. The standard InChI is InChI=1S/C18H27N3O2/c1-15-5-3-6-16(19-15)20-10-4-8-18(13-20)9-7-17(22)21(14-18)11-12-23-2/h3,5-6H,4,7-14H2,1-2H3. The number of rotatable bonds is 4. The summed E-state index contributed by atoms with van der Waals surface area (Å²) >= 11 is 0. The Bertz CT molecular complexity index is 563. The smallest absolute Gasteiger partial charge is 0.222 e. The van der Waals surface area contributed by atoms with Crippen molar-refractivity contribution in [3.8, 4) is 0 Å². The largest absolute Gasteiger partial charge is 0.383 e. The highest BCUT2D eigenvalue weighted by atomic mass is 16.5. The zero-order valence-electron chi connectivity index (χ0n) is 14.3. The minimum Gasteiger partial charge on any atom is -0.383 e. The van der Waals surface area contributed by atoms with E-state index in [1.54, 1.807) is 7.11 Å². The van der Waals surface area contributed by atoms with Crippen LogP contribution in [0.3, 0.4) is 0 Å². The SMILES string of the molecule is COCCN1CC2(CCCN(c3cccc(C)n3)C2)CCC1=O. The number of likely N-dealkylation sites (tertiary alicyclic amines) is 1. The number of anilines is 1. The van der Waals surface area contributed by atoms with Crippen LogP contribution in [-0.4, -0.2) is 55.7 Å². The molecule has 0 N–H and O–H groups in total. The fourth-order valence-corrected chi connectivity index (χ4v) is 3.95. The molecule has 0 aliphatic carbocycles. The van der Waals surface area contributed by atoms with Gasteiger partial charge in [0.25, 0.3) is 0 Å². The van der Waals surface area contributed by atoms with Gasteiger partial charge < -0.3 is 14.5 Å². The van der Waals surface area contributed by atoms with Crippen LogP contribution in [0.4, 0.5) is 5.82 Å². The lowest BCUT2D eigenvalue weighted by atomic mass is 9.73. The fourth-order valence-electron chi connectivity index (χ4n) is 3.95. The number of methoxy groups -OCH3 is 1. The van der Waals surface area contributed by atoms with Crippen molar-refractivity contribution in [1.82, 2.24) is 9.88 Å². The maximum absolute atomic E-state index is 12.2. The van der Waals surface area contributed by atoms with Gasteiger partial charge in [0, 0.05) is 50.8 Å². The zero-order chi connectivity index (χ0) is 16.3. The van der Waals surface area contributed by atoms with Crippen molar-refractivity contribution < 1.29 is 9.53 Å². The molecule has 0 radical (unpaired) electrons. The van der Waals surface area contributed by atoms with Gasteiger partial charge in [-0.2, -0.15) is 0 Å². The summed E-state index contributed by atoms with van der Waals surface area (Å²) in [6.45, 7) is 6.28. The van der Waals surface area contributed by atoms with Crippen LogP contribution in [0, 0.1) is 12.3 Å². The lowest BCUT2D eigenvalue weighted by molar-refractivity contribution is -0.138. The molecule has 5 nitrogen and oxygen atoms in total. The zero-order valence-corrected chi connectivity index (χ0v) is 14.3. The van der Waals surface area contributed by atoms with Crippen molar-refractivity contribution >= 4 is 11.7 Å². The van der Waals surface area contributed by atoms with Gasteiger partial charge in [0.15, 0.2) is 0 Å². The lowest BCUT2D eigenvalue weighted by Gasteiger charge is -2.48. The van der Waals surface area contributed by atoms with Gasteiger partial charge in [0.2, 0.25) is 5.91 Å². The predicted molar refractivity (Wildman–Crippen MR) is 90.5 cm³/mol. The highest BCUT2D eigenvalue weighted by Gasteiger charge is 2.41. The van der Waals surface area contributed by atoms with Crippen LogP contribution >= 0.6 is 0 Å². The minimum atomic E-state index is 0.214. The van der Waals surface area contributed by atoms with Crippen molar-refractivity contribution in [2.24, 2.45) is 5.41 Å². The molecule has 1 amide bonds. The number of carbonyl (C=O) groups excluding carboxylic acids is 1. The number of amides is 1. The summed E-state index contributed by atoms with van der Waals surface area (Å²) in [5.41, 5.74) is 1.27. The Morgan fingerprint density at radius 2 is 2.17 bits per heavy atom. The third-order valence-electron chi connectivity index (χ3n) is 5.17. The molecular formula is C18H27N3O2. The summed E-state index contributed by atoms with van der Waals surface area (Å²) < 4.78 is 5.16. The first-order chi connectivity index (χ1) is 11.1. The molecule has 1 unspecified atom stereocenters. The third kappa shape index (κ3) is 3.66. The van der Waals surface area contributed by atoms with E-state index in [-0.39, 0.29) is 11.3 Å². The maximum Gasteiger partial charge on any atom is 0.222 e. The van der Waals surface area contributed by atoms with Crippen LogP contribution in [0.25, 0.3) is 0 Å². The van der Waals surface area contributed by atoms with Crippen LogP contribution in [0.2, 0.25) is 0 Å². The van der Waals surface area contributed by atoms with Gasteiger partial charge in [-0.3, -0.25) is 4.79 Å². The second-order valence-corrected chi connectivity index (χ2v) is 6.97. The fraction of sp³-hybridized carbons (Fsp3) is 0.667. The summed E-state index contributed by atoms with van der Waals surface area (Å²) in [6, 6.07) is 6.21. The van der Waals surface area contributed by atoms with E-state index in [9.17, 15) is 4.79 Å². The van der Waals surface area contributed by atoms with Crippen molar-refractivity contribution in [2.75, 3.05) is 44.8 Å². The number of aryl methyl sites for hydroxylation is 1. The number of piperidine rings is 2. The molecule has 3 heterocycles. The first-order valence-electron chi connectivity index (χ1n) is 8.57. The first kappa shape index (κ1) is 16.2. The molecule has 3 rings (SSSR count). The van der Waals surface area contributed by atoms with E-state index in [0.717, 1.165) is 37.6 Å². The van der Waals surface area contributed by atoms with Gasteiger partial charge in [0.05, 0.1) is 6.61 Å². The van der Waals surface area contributed by atoms with Crippen LogP contribution in [0.1, 0.15) is 31.4 Å². The number of hydrogen-bond donors (Lipinski definition) is 0. The molecule has 2 fully saturated rings. The van der Waals surface area contributed by atoms with Gasteiger partial charge in [0.1, 0.15) is 5.82 Å². The molecule has 0 aromatic carbocycles. The molecule has 23 heavy (non-hydrogen) atoms. The van der Waals surface area contributed by atoms with E-state index >= 15 is 0 Å². The second-order valence-electron chi connectivity index (χ2n) is 6.97. The first-order valence-corrected chi connectivity index (χ1v) is 8.57. The highest BCUT2D eigenvalue weighted by Crippen LogP contribution is 2.39. The maximum atomic E-state index is 12.2. The van der Waals surface area contributed by atoms with Gasteiger partial charge >= 0.3 is 0 Å². The van der Waals surface area contributed by atoms with Crippen molar-refractivity contribution in [3.63, 3.8) is 0 Å². The van der Waals surface area contributed by atoms with Crippen LogP contribution in [0.5, 0.6) is 0 Å². The Hall–Kier alpha value is -1.62. The molecule has 1 aromatic rings.